The molecular weight excluding hydrogens is 407 g/mol. The Morgan fingerprint density at radius 1 is 0.893 bits per heavy atom. The highest BCUT2D eigenvalue weighted by molar-refractivity contribution is 6.30. The molecule has 28 heavy (non-hydrogen) atoms. The summed E-state index contributed by atoms with van der Waals surface area (Å²) in [4.78, 5) is 0. The number of aliphatic hydroxyl groups is 2. The average Bonchev–Trinajstić information content (AvgIpc) is 2.69. The molecule has 2 N–H and O–H groups in total. The number of hydrogen-bond donors (Lipinski definition) is 2. The summed E-state index contributed by atoms with van der Waals surface area (Å²) in [6.07, 6.45) is -4.86. The van der Waals surface area contributed by atoms with Crippen LogP contribution in [0.1, 0.15) is 23.7 Å². The highest BCUT2D eigenvalue weighted by Gasteiger charge is 2.46. The summed E-state index contributed by atoms with van der Waals surface area (Å²) in [6, 6.07) is 14.2. The first-order valence-corrected chi connectivity index (χ1v) is 9.68. The predicted molar refractivity (Wildman–Crippen MR) is 102 cm³/mol. The molecular formula is C20H20Cl2O6. The van der Waals surface area contributed by atoms with Crippen LogP contribution in [-0.4, -0.2) is 47.8 Å². The minimum atomic E-state index is -1.02. The Morgan fingerprint density at radius 3 is 2.14 bits per heavy atom. The lowest BCUT2D eigenvalue weighted by Crippen LogP contribution is -2.57. The fourth-order valence-corrected chi connectivity index (χ4v) is 3.79. The second kappa shape index (κ2) is 8.65. The number of hydrogen-bond acceptors (Lipinski definition) is 6. The number of halogens is 2. The normalized spacial score (nSPS) is 33.1. The van der Waals surface area contributed by atoms with Crippen molar-refractivity contribution in [3.05, 3.63) is 69.7 Å². The molecule has 0 radical (unpaired) electrons. The van der Waals surface area contributed by atoms with Gasteiger partial charge in [-0.15, -0.1) is 0 Å². The summed E-state index contributed by atoms with van der Waals surface area (Å²) >= 11 is 12.1. The summed E-state index contributed by atoms with van der Waals surface area (Å²) in [5.41, 5.74) is 1.41. The number of rotatable bonds is 3. The van der Waals surface area contributed by atoms with E-state index in [2.05, 4.69) is 0 Å². The lowest BCUT2D eigenvalue weighted by atomic mass is 10.00. The second-order valence-corrected chi connectivity index (χ2v) is 7.60. The van der Waals surface area contributed by atoms with Gasteiger partial charge in [-0.05, 0) is 24.3 Å². The molecule has 0 spiro atoms. The monoisotopic (exact) mass is 426 g/mol. The summed E-state index contributed by atoms with van der Waals surface area (Å²) in [6.45, 7) is -0.287. The second-order valence-electron chi connectivity index (χ2n) is 6.73. The molecule has 0 amide bonds. The first-order chi connectivity index (χ1) is 13.5. The quantitative estimate of drug-likeness (QED) is 0.784. The Balaban J connectivity index is 1.60. The largest absolute Gasteiger partial charge is 0.394 e. The first-order valence-electron chi connectivity index (χ1n) is 8.93. The first kappa shape index (κ1) is 20.1. The van der Waals surface area contributed by atoms with Gasteiger partial charge in [0.1, 0.15) is 24.4 Å². The van der Waals surface area contributed by atoms with Crippen molar-refractivity contribution in [2.75, 3.05) is 13.2 Å². The number of fused-ring (bicyclic) bond motifs is 2. The summed E-state index contributed by atoms with van der Waals surface area (Å²) in [5.74, 6) is 0. The Kier molecular flexibility index (Phi) is 6.20. The molecule has 6 atom stereocenters. The molecule has 0 aromatic heterocycles. The van der Waals surface area contributed by atoms with Crippen molar-refractivity contribution in [3.8, 4) is 0 Å². The smallest absolute Gasteiger partial charge is 0.185 e. The van der Waals surface area contributed by atoms with Gasteiger partial charge in [-0.3, -0.25) is 0 Å². The van der Waals surface area contributed by atoms with Gasteiger partial charge in [0.05, 0.1) is 13.2 Å². The van der Waals surface area contributed by atoms with E-state index in [0.29, 0.717) is 21.2 Å². The minimum Gasteiger partial charge on any atom is -0.394 e. The molecule has 8 heteroatoms. The van der Waals surface area contributed by atoms with Crippen molar-refractivity contribution in [1.82, 2.24) is 0 Å². The Labute approximate surface area is 172 Å². The fraction of sp³-hybridized carbons (Fsp3) is 0.400. The van der Waals surface area contributed by atoms with Crippen molar-refractivity contribution in [1.29, 1.82) is 0 Å². The van der Waals surface area contributed by atoms with Crippen molar-refractivity contribution in [3.63, 3.8) is 0 Å². The summed E-state index contributed by atoms with van der Waals surface area (Å²) in [7, 11) is 0. The molecule has 2 aliphatic heterocycles. The molecule has 2 aromatic rings. The van der Waals surface area contributed by atoms with E-state index in [9.17, 15) is 10.2 Å². The molecule has 150 valence electrons. The molecule has 0 saturated carbocycles. The van der Waals surface area contributed by atoms with Crippen LogP contribution >= 0.6 is 23.2 Å². The van der Waals surface area contributed by atoms with Gasteiger partial charge in [-0.2, -0.15) is 0 Å². The van der Waals surface area contributed by atoms with E-state index in [-0.39, 0.29) is 13.2 Å². The molecule has 2 saturated heterocycles. The summed E-state index contributed by atoms with van der Waals surface area (Å²) in [5, 5.41) is 21.6. The molecule has 2 heterocycles. The van der Waals surface area contributed by atoms with E-state index in [1.165, 1.54) is 0 Å². The molecule has 2 aliphatic rings. The van der Waals surface area contributed by atoms with E-state index in [1.807, 2.05) is 12.1 Å². The maximum atomic E-state index is 10.6. The lowest BCUT2D eigenvalue weighted by molar-refractivity contribution is -0.352. The predicted octanol–water partition coefficient (Wildman–Crippen LogP) is 3.24. The Morgan fingerprint density at radius 2 is 1.54 bits per heavy atom. The number of ether oxygens (including phenoxy) is 4. The third-order valence-corrected chi connectivity index (χ3v) is 5.27. The van der Waals surface area contributed by atoms with Crippen LogP contribution < -0.4 is 0 Å². The highest BCUT2D eigenvalue weighted by Crippen LogP contribution is 2.37. The van der Waals surface area contributed by atoms with Crippen LogP contribution in [0.15, 0.2) is 48.5 Å². The van der Waals surface area contributed by atoms with E-state index in [0.717, 1.165) is 0 Å². The SMILES string of the molecule is OC[C@H]1OC(c2cccc(Cl)c2)OC[C@@H]2OC(c3cccc(Cl)c3)O[C@@H]1[C@H]2O. The molecule has 2 bridgehead atoms. The topological polar surface area (TPSA) is 77.4 Å². The third kappa shape index (κ3) is 4.20. The van der Waals surface area contributed by atoms with Crippen LogP contribution in [0.4, 0.5) is 0 Å². The Bertz CT molecular complexity index is 773. The van der Waals surface area contributed by atoms with E-state index in [1.54, 1.807) is 36.4 Å². The van der Waals surface area contributed by atoms with Gasteiger partial charge in [0.25, 0.3) is 0 Å². The fourth-order valence-electron chi connectivity index (χ4n) is 3.39. The van der Waals surface area contributed by atoms with Crippen LogP contribution in [0, 0.1) is 0 Å². The van der Waals surface area contributed by atoms with Gasteiger partial charge in [0.15, 0.2) is 12.6 Å². The molecule has 4 rings (SSSR count). The molecule has 0 aliphatic carbocycles. The van der Waals surface area contributed by atoms with Gasteiger partial charge >= 0.3 is 0 Å². The van der Waals surface area contributed by atoms with Gasteiger partial charge in [0.2, 0.25) is 0 Å². The zero-order valence-electron chi connectivity index (χ0n) is 14.8. The number of aliphatic hydroxyl groups excluding tert-OH is 2. The molecule has 2 unspecified atom stereocenters. The van der Waals surface area contributed by atoms with E-state index >= 15 is 0 Å². The number of benzene rings is 2. The van der Waals surface area contributed by atoms with Gasteiger partial charge in [0, 0.05) is 21.2 Å². The Hall–Kier alpha value is -1.22. The van der Waals surface area contributed by atoms with Crippen LogP contribution in [0.25, 0.3) is 0 Å². The molecule has 2 fully saturated rings. The van der Waals surface area contributed by atoms with Gasteiger partial charge in [-0.1, -0.05) is 47.5 Å². The maximum Gasteiger partial charge on any atom is 0.185 e. The van der Waals surface area contributed by atoms with E-state index < -0.39 is 37.0 Å². The third-order valence-electron chi connectivity index (χ3n) is 4.79. The maximum absolute atomic E-state index is 10.6. The van der Waals surface area contributed by atoms with Gasteiger partial charge in [-0.25, -0.2) is 0 Å². The van der Waals surface area contributed by atoms with Crippen LogP contribution in [0.2, 0.25) is 10.0 Å². The van der Waals surface area contributed by atoms with Crippen molar-refractivity contribution in [2.24, 2.45) is 0 Å². The van der Waals surface area contributed by atoms with E-state index in [4.69, 9.17) is 42.1 Å². The van der Waals surface area contributed by atoms with Crippen LogP contribution in [-0.2, 0) is 18.9 Å². The van der Waals surface area contributed by atoms with Crippen molar-refractivity contribution < 1.29 is 29.2 Å². The standard InChI is InChI=1S/C20H20Cl2O6/c21-13-5-1-3-11(7-13)19-25-10-16-17(24)18(15(9-23)26-19)28-20(27-16)12-4-2-6-14(22)8-12/h1-8,15-20,23-24H,9-10H2/t15-,16+,17+,18+,19?,20?/m1/s1. The minimum absolute atomic E-state index is 0.0768. The van der Waals surface area contributed by atoms with Gasteiger partial charge < -0.3 is 29.2 Å². The lowest BCUT2D eigenvalue weighted by Gasteiger charge is -2.45. The van der Waals surface area contributed by atoms with Crippen molar-refractivity contribution >= 4 is 23.2 Å². The molecule has 6 nitrogen and oxygen atoms in total. The zero-order valence-corrected chi connectivity index (χ0v) is 16.3. The van der Waals surface area contributed by atoms with Crippen LogP contribution in [0.5, 0.6) is 0 Å². The highest BCUT2D eigenvalue weighted by atomic mass is 35.5. The van der Waals surface area contributed by atoms with Crippen LogP contribution in [0.3, 0.4) is 0 Å². The van der Waals surface area contributed by atoms with Crippen molar-refractivity contribution in [2.45, 2.75) is 37.0 Å². The average molecular weight is 427 g/mol. The zero-order chi connectivity index (χ0) is 19.7. The summed E-state index contributed by atoms with van der Waals surface area (Å²) < 4.78 is 23.7. The molecule has 2 aromatic carbocycles.